The van der Waals surface area contributed by atoms with Crippen molar-refractivity contribution in [3.8, 4) is 5.75 Å². The van der Waals surface area contributed by atoms with Crippen molar-refractivity contribution in [2.75, 3.05) is 11.9 Å². The second-order valence-electron chi connectivity index (χ2n) is 4.40. The average Bonchev–Trinajstić information content (AvgIpc) is 2.58. The van der Waals surface area contributed by atoms with E-state index in [0.717, 1.165) is 17.0 Å². The van der Waals surface area contributed by atoms with Gasteiger partial charge < -0.3 is 20.8 Å². The lowest BCUT2D eigenvalue weighted by atomic mass is 10.1. The molecule has 1 heterocycles. The van der Waals surface area contributed by atoms with E-state index in [4.69, 9.17) is 10.3 Å². The number of hydrogen-bond acceptors (Lipinski definition) is 7. The number of nitrogens with zero attached hydrogens (tertiary/aromatic N) is 3. The minimum Gasteiger partial charge on any atom is -0.506 e. The van der Waals surface area contributed by atoms with Crippen LogP contribution in [-0.2, 0) is 10.1 Å². The first-order valence-electron chi connectivity index (χ1n) is 5.58. The maximum Gasteiger partial charge on any atom is 0.356 e. The second kappa shape index (κ2) is 4.95. The van der Waals surface area contributed by atoms with E-state index < -0.39 is 33.4 Å². The molecule has 2 rings (SSSR count). The SMILES string of the molecule is CN1c2cc(O)c(N=NC(N)=O)cc2C(O)C1S(=O)(=O)O. The molecule has 2 unspecified atom stereocenters. The highest BCUT2D eigenvalue weighted by Crippen LogP contribution is 2.45. The lowest BCUT2D eigenvalue weighted by Crippen LogP contribution is -2.37. The zero-order chi connectivity index (χ0) is 15.9. The largest absolute Gasteiger partial charge is 0.506 e. The second-order valence-corrected chi connectivity index (χ2v) is 5.91. The number of primary amides is 1. The Labute approximate surface area is 119 Å². The van der Waals surface area contributed by atoms with E-state index in [1.54, 1.807) is 0 Å². The van der Waals surface area contributed by atoms with Crippen LogP contribution in [0.15, 0.2) is 22.4 Å². The number of aliphatic hydroxyl groups excluding tert-OH is 1. The van der Waals surface area contributed by atoms with E-state index >= 15 is 0 Å². The zero-order valence-electron chi connectivity index (χ0n) is 10.7. The Balaban J connectivity index is 2.53. The van der Waals surface area contributed by atoms with Crippen molar-refractivity contribution in [3.63, 3.8) is 0 Å². The molecule has 0 aliphatic carbocycles. The van der Waals surface area contributed by atoms with Gasteiger partial charge in [-0.2, -0.15) is 8.42 Å². The standard InChI is InChI=1S/C10H12N4O6S/c1-14-6-3-7(15)5(12-13-10(11)17)2-4(6)8(16)9(14)21(18,19)20/h2-3,8-9,15-16H,1H3,(H2,11,17)(H,18,19,20). The van der Waals surface area contributed by atoms with Crippen LogP contribution in [0.1, 0.15) is 11.7 Å². The minimum atomic E-state index is -4.55. The van der Waals surface area contributed by atoms with Gasteiger partial charge in [0.2, 0.25) is 0 Å². The lowest BCUT2D eigenvalue weighted by molar-refractivity contribution is 0.178. The van der Waals surface area contributed by atoms with Crippen LogP contribution in [-0.4, -0.2) is 41.6 Å². The highest BCUT2D eigenvalue weighted by Gasteiger charge is 2.44. The normalized spacial score (nSPS) is 21.8. The first kappa shape index (κ1) is 15.2. The molecule has 2 amide bonds. The molecule has 114 valence electrons. The number of carbonyl (C=O) groups excluding carboxylic acids is 1. The summed E-state index contributed by atoms with van der Waals surface area (Å²) in [7, 11) is -3.22. The monoisotopic (exact) mass is 316 g/mol. The predicted octanol–water partition coefficient (Wildman–Crippen LogP) is 0.252. The van der Waals surface area contributed by atoms with Gasteiger partial charge in [-0.1, -0.05) is 5.11 Å². The van der Waals surface area contributed by atoms with Crippen LogP contribution >= 0.6 is 0 Å². The first-order valence-corrected chi connectivity index (χ1v) is 7.08. The highest BCUT2D eigenvalue weighted by atomic mass is 32.2. The molecule has 0 saturated carbocycles. The Kier molecular flexibility index (Phi) is 3.57. The van der Waals surface area contributed by atoms with Gasteiger partial charge in [-0.15, -0.1) is 5.11 Å². The Hall–Kier alpha value is -2.24. The van der Waals surface area contributed by atoms with Crippen molar-refractivity contribution < 1.29 is 28.0 Å². The van der Waals surface area contributed by atoms with Crippen molar-refractivity contribution in [3.05, 3.63) is 17.7 Å². The molecule has 0 fully saturated rings. The summed E-state index contributed by atoms with van der Waals surface area (Å²) in [6.07, 6.45) is -1.55. The molecule has 0 aromatic heterocycles. The number of hydrogen-bond donors (Lipinski definition) is 4. The van der Waals surface area contributed by atoms with Gasteiger partial charge >= 0.3 is 6.03 Å². The van der Waals surface area contributed by atoms with E-state index in [1.807, 2.05) is 0 Å². The number of fused-ring (bicyclic) bond motifs is 1. The van der Waals surface area contributed by atoms with Gasteiger partial charge in [0.25, 0.3) is 10.1 Å². The highest BCUT2D eigenvalue weighted by molar-refractivity contribution is 7.86. The predicted molar refractivity (Wildman–Crippen MR) is 70.9 cm³/mol. The van der Waals surface area contributed by atoms with Crippen LogP contribution in [0.3, 0.4) is 0 Å². The van der Waals surface area contributed by atoms with Crippen LogP contribution in [0.5, 0.6) is 5.75 Å². The molecule has 21 heavy (non-hydrogen) atoms. The molecule has 0 bridgehead atoms. The molecule has 1 aromatic carbocycles. The molecule has 0 spiro atoms. The number of carbonyl (C=O) groups is 1. The summed E-state index contributed by atoms with van der Waals surface area (Å²) in [6, 6.07) is 1.21. The summed E-state index contributed by atoms with van der Waals surface area (Å²) in [4.78, 5) is 11.6. The van der Waals surface area contributed by atoms with Gasteiger partial charge in [0.1, 0.15) is 17.5 Å². The molecule has 0 saturated heterocycles. The van der Waals surface area contributed by atoms with Crippen molar-refractivity contribution >= 4 is 27.5 Å². The maximum absolute atomic E-state index is 11.3. The fourth-order valence-electron chi connectivity index (χ4n) is 2.17. The van der Waals surface area contributed by atoms with Crippen molar-refractivity contribution in [2.45, 2.75) is 11.5 Å². The van der Waals surface area contributed by atoms with Gasteiger partial charge in [-0.25, -0.2) is 4.79 Å². The van der Waals surface area contributed by atoms with Crippen LogP contribution in [0.4, 0.5) is 16.2 Å². The number of amides is 2. The molecule has 0 radical (unpaired) electrons. The summed E-state index contributed by atoms with van der Waals surface area (Å²) in [5.74, 6) is -0.395. The van der Waals surface area contributed by atoms with E-state index in [9.17, 15) is 23.4 Å². The van der Waals surface area contributed by atoms with Crippen LogP contribution in [0.25, 0.3) is 0 Å². The maximum atomic E-state index is 11.3. The third kappa shape index (κ3) is 2.66. The molecule has 11 heteroatoms. The molecular weight excluding hydrogens is 304 g/mol. The number of anilines is 1. The van der Waals surface area contributed by atoms with Crippen molar-refractivity contribution in [1.82, 2.24) is 0 Å². The molecule has 10 nitrogen and oxygen atoms in total. The van der Waals surface area contributed by atoms with E-state index in [1.165, 1.54) is 7.05 Å². The number of phenols is 1. The third-order valence-electron chi connectivity index (χ3n) is 3.04. The summed E-state index contributed by atoms with van der Waals surface area (Å²) >= 11 is 0. The van der Waals surface area contributed by atoms with E-state index in [0.29, 0.717) is 0 Å². The number of benzene rings is 1. The summed E-state index contributed by atoms with van der Waals surface area (Å²) in [6.45, 7) is 0. The van der Waals surface area contributed by atoms with Gasteiger partial charge in [0.05, 0.1) is 0 Å². The molecule has 5 N–H and O–H groups in total. The summed E-state index contributed by atoms with van der Waals surface area (Å²) < 4.78 is 31.7. The summed E-state index contributed by atoms with van der Waals surface area (Å²) in [5.41, 5.74) is 4.91. The molecule has 2 atom stereocenters. The lowest BCUT2D eigenvalue weighted by Gasteiger charge is -2.21. The number of azo groups is 1. The van der Waals surface area contributed by atoms with Crippen LogP contribution in [0, 0.1) is 0 Å². The number of likely N-dealkylation sites (N-methyl/N-ethyl adjacent to an activating group) is 1. The number of phenolic OH excluding ortho intramolecular Hbond substituents is 1. The average molecular weight is 316 g/mol. The smallest absolute Gasteiger partial charge is 0.356 e. The zero-order valence-corrected chi connectivity index (χ0v) is 11.5. The molecule has 1 aliphatic heterocycles. The van der Waals surface area contributed by atoms with Crippen molar-refractivity contribution in [1.29, 1.82) is 0 Å². The Bertz CT molecular complexity index is 731. The molecule has 1 aromatic rings. The van der Waals surface area contributed by atoms with Gasteiger partial charge in [0.15, 0.2) is 5.37 Å². The Morgan fingerprint density at radius 2 is 2.05 bits per heavy atom. The fourth-order valence-corrected chi connectivity index (χ4v) is 3.16. The third-order valence-corrected chi connectivity index (χ3v) is 4.22. The van der Waals surface area contributed by atoms with Crippen LogP contribution in [0.2, 0.25) is 0 Å². The van der Waals surface area contributed by atoms with Gasteiger partial charge in [-0.3, -0.25) is 4.55 Å². The first-order chi connectivity index (χ1) is 9.62. The fraction of sp³-hybridized carbons (Fsp3) is 0.300. The quantitative estimate of drug-likeness (QED) is 0.448. The minimum absolute atomic E-state index is 0.108. The Morgan fingerprint density at radius 3 is 2.57 bits per heavy atom. The topological polar surface area (TPSA) is 166 Å². The van der Waals surface area contributed by atoms with Crippen LogP contribution < -0.4 is 10.6 Å². The van der Waals surface area contributed by atoms with Crippen molar-refractivity contribution in [2.24, 2.45) is 16.0 Å². The van der Waals surface area contributed by atoms with E-state index in [-0.39, 0.29) is 16.9 Å². The number of rotatable bonds is 2. The number of aliphatic hydroxyl groups is 1. The van der Waals surface area contributed by atoms with Gasteiger partial charge in [0, 0.05) is 24.4 Å². The molecule has 1 aliphatic rings. The number of nitrogens with two attached hydrogens (primary N) is 1. The van der Waals surface area contributed by atoms with Gasteiger partial charge in [-0.05, 0) is 6.07 Å². The summed E-state index contributed by atoms with van der Waals surface area (Å²) in [5, 5.41) is 24.6. The number of aromatic hydroxyl groups is 1. The number of urea groups is 1. The molecular formula is C10H12N4O6S. The Morgan fingerprint density at radius 1 is 1.43 bits per heavy atom. The van der Waals surface area contributed by atoms with E-state index in [2.05, 4.69) is 10.2 Å².